The molecule has 2 aliphatic heterocycles. The lowest BCUT2D eigenvalue weighted by Gasteiger charge is -2.35. The minimum atomic E-state index is 0.0893. The minimum absolute atomic E-state index is 0.0893. The fourth-order valence-electron chi connectivity index (χ4n) is 3.70. The van der Waals surface area contributed by atoms with Crippen molar-refractivity contribution in [2.75, 3.05) is 66.4 Å². The number of amides is 2. The highest BCUT2D eigenvalue weighted by Crippen LogP contribution is 2.40. The van der Waals surface area contributed by atoms with Crippen molar-refractivity contribution in [1.82, 2.24) is 14.7 Å². The van der Waals surface area contributed by atoms with Crippen LogP contribution in [-0.4, -0.2) is 92.2 Å². The van der Waals surface area contributed by atoms with Crippen LogP contribution in [0.15, 0.2) is 12.1 Å². The molecule has 2 aliphatic rings. The number of ether oxygens (including phenoxy) is 3. The number of rotatable bonds is 8. The Labute approximate surface area is 176 Å². The van der Waals surface area contributed by atoms with Gasteiger partial charge in [0.2, 0.25) is 11.7 Å². The molecule has 2 saturated heterocycles. The first-order valence-electron chi connectivity index (χ1n) is 9.77. The van der Waals surface area contributed by atoms with E-state index in [-0.39, 0.29) is 11.1 Å². The first kappa shape index (κ1) is 21.6. The second kappa shape index (κ2) is 10.1. The minimum Gasteiger partial charge on any atom is -0.493 e. The van der Waals surface area contributed by atoms with Crippen LogP contribution in [0.25, 0.3) is 0 Å². The van der Waals surface area contributed by atoms with Crippen molar-refractivity contribution in [3.8, 4) is 17.2 Å². The Kier molecular flexibility index (Phi) is 7.49. The first-order chi connectivity index (χ1) is 14.1. The van der Waals surface area contributed by atoms with E-state index in [2.05, 4.69) is 4.90 Å². The molecule has 3 rings (SSSR count). The van der Waals surface area contributed by atoms with Crippen LogP contribution in [0.3, 0.4) is 0 Å². The molecule has 2 fully saturated rings. The average Bonchev–Trinajstić information content (AvgIpc) is 3.16. The molecule has 2 amide bonds. The summed E-state index contributed by atoms with van der Waals surface area (Å²) in [6.07, 6.45) is 0.399. The Balaban J connectivity index is 1.52. The Morgan fingerprint density at radius 2 is 1.72 bits per heavy atom. The van der Waals surface area contributed by atoms with Crippen molar-refractivity contribution >= 4 is 22.9 Å². The molecule has 1 aromatic rings. The monoisotopic (exact) mass is 423 g/mol. The van der Waals surface area contributed by atoms with Gasteiger partial charge in [0.25, 0.3) is 5.24 Å². The number of hydrogen-bond acceptors (Lipinski definition) is 7. The van der Waals surface area contributed by atoms with Crippen molar-refractivity contribution in [2.45, 2.75) is 13.0 Å². The Morgan fingerprint density at radius 3 is 2.31 bits per heavy atom. The number of benzene rings is 1. The Bertz CT molecular complexity index is 737. The van der Waals surface area contributed by atoms with Crippen LogP contribution in [0.4, 0.5) is 4.79 Å². The largest absolute Gasteiger partial charge is 0.493 e. The van der Waals surface area contributed by atoms with Gasteiger partial charge >= 0.3 is 0 Å². The molecule has 0 bridgehead atoms. The lowest BCUT2D eigenvalue weighted by atomic mass is 10.1. The van der Waals surface area contributed by atoms with Crippen LogP contribution in [-0.2, 0) is 11.3 Å². The van der Waals surface area contributed by atoms with Gasteiger partial charge in [-0.25, -0.2) is 0 Å². The summed E-state index contributed by atoms with van der Waals surface area (Å²) in [6, 6.07) is 3.87. The second-order valence-electron chi connectivity index (χ2n) is 7.00. The molecule has 1 aromatic carbocycles. The van der Waals surface area contributed by atoms with Crippen LogP contribution < -0.4 is 14.2 Å². The fraction of sp³-hybridized carbons (Fsp3) is 0.600. The number of carbonyl (C=O) groups excluding carboxylic acids is 2. The lowest BCUT2D eigenvalue weighted by molar-refractivity contribution is -0.133. The summed E-state index contributed by atoms with van der Waals surface area (Å²) >= 11 is 1.33. The van der Waals surface area contributed by atoms with Gasteiger partial charge in [0.15, 0.2) is 11.5 Å². The maximum absolute atomic E-state index is 12.5. The number of nitrogens with zero attached hydrogens (tertiary/aromatic N) is 3. The van der Waals surface area contributed by atoms with Gasteiger partial charge in [-0.15, -0.1) is 0 Å². The van der Waals surface area contributed by atoms with Gasteiger partial charge in [-0.3, -0.25) is 14.5 Å². The van der Waals surface area contributed by atoms with Crippen molar-refractivity contribution in [3.05, 3.63) is 17.7 Å². The topological polar surface area (TPSA) is 71.6 Å². The molecule has 0 unspecified atom stereocenters. The lowest BCUT2D eigenvalue weighted by Crippen LogP contribution is -2.48. The standard InChI is InChI=1S/C20H29N3O5S/c1-26-16-5-4-15(18(27-2)19(16)28-3)14-21-8-10-22(11-9-21)17(24)6-7-23-12-13-29-20(23)25/h4-5H,6-14H2,1-3H3. The van der Waals surface area contributed by atoms with E-state index in [4.69, 9.17) is 14.2 Å². The smallest absolute Gasteiger partial charge is 0.281 e. The van der Waals surface area contributed by atoms with Crippen LogP contribution in [0.2, 0.25) is 0 Å². The van der Waals surface area contributed by atoms with Gasteiger partial charge in [-0.05, 0) is 6.07 Å². The van der Waals surface area contributed by atoms with Crippen molar-refractivity contribution in [3.63, 3.8) is 0 Å². The summed E-state index contributed by atoms with van der Waals surface area (Å²) in [5.74, 6) is 2.86. The zero-order valence-corrected chi connectivity index (χ0v) is 18.1. The maximum atomic E-state index is 12.5. The van der Waals surface area contributed by atoms with Gasteiger partial charge in [0.05, 0.1) is 21.3 Å². The molecular formula is C20H29N3O5S. The van der Waals surface area contributed by atoms with E-state index in [0.29, 0.717) is 49.8 Å². The van der Waals surface area contributed by atoms with Crippen LogP contribution >= 0.6 is 11.8 Å². The molecule has 0 atom stereocenters. The van der Waals surface area contributed by atoms with E-state index in [1.165, 1.54) is 11.8 Å². The van der Waals surface area contributed by atoms with E-state index >= 15 is 0 Å². The molecule has 0 spiro atoms. The summed E-state index contributed by atoms with van der Waals surface area (Å²) in [6.45, 7) is 4.95. The molecule has 0 aliphatic carbocycles. The van der Waals surface area contributed by atoms with E-state index in [0.717, 1.165) is 31.0 Å². The van der Waals surface area contributed by atoms with Crippen molar-refractivity contribution in [2.24, 2.45) is 0 Å². The van der Waals surface area contributed by atoms with E-state index in [1.807, 2.05) is 17.0 Å². The highest BCUT2D eigenvalue weighted by atomic mass is 32.2. The quantitative estimate of drug-likeness (QED) is 0.633. The van der Waals surface area contributed by atoms with Crippen molar-refractivity contribution < 1.29 is 23.8 Å². The van der Waals surface area contributed by atoms with Gasteiger partial charge in [0, 0.05) is 63.6 Å². The Hall–Kier alpha value is -2.13. The summed E-state index contributed by atoms with van der Waals surface area (Å²) in [5.41, 5.74) is 1.02. The molecule has 29 heavy (non-hydrogen) atoms. The third-order valence-corrected chi connectivity index (χ3v) is 6.24. The number of piperazine rings is 1. The normalized spacial score (nSPS) is 17.6. The molecule has 8 nitrogen and oxygen atoms in total. The zero-order valence-electron chi connectivity index (χ0n) is 17.3. The highest BCUT2D eigenvalue weighted by molar-refractivity contribution is 8.13. The maximum Gasteiger partial charge on any atom is 0.281 e. The van der Waals surface area contributed by atoms with E-state index in [9.17, 15) is 9.59 Å². The van der Waals surface area contributed by atoms with Crippen LogP contribution in [0.5, 0.6) is 17.2 Å². The molecule has 2 heterocycles. The molecule has 9 heteroatoms. The molecular weight excluding hydrogens is 394 g/mol. The molecule has 0 aromatic heterocycles. The van der Waals surface area contributed by atoms with Gasteiger partial charge in [-0.1, -0.05) is 17.8 Å². The molecule has 0 radical (unpaired) electrons. The number of carbonyl (C=O) groups is 2. The fourth-order valence-corrected chi connectivity index (χ4v) is 4.55. The van der Waals surface area contributed by atoms with Crippen molar-refractivity contribution in [1.29, 1.82) is 0 Å². The first-order valence-corrected chi connectivity index (χ1v) is 10.8. The molecule has 0 saturated carbocycles. The molecule has 0 N–H and O–H groups in total. The zero-order chi connectivity index (χ0) is 20.8. The average molecular weight is 424 g/mol. The summed E-state index contributed by atoms with van der Waals surface area (Å²) in [5, 5.41) is 0.0893. The SMILES string of the molecule is COc1ccc(CN2CCN(C(=O)CCN3CCSC3=O)CC2)c(OC)c1OC. The summed E-state index contributed by atoms with van der Waals surface area (Å²) in [4.78, 5) is 30.1. The van der Waals surface area contributed by atoms with Crippen LogP contribution in [0.1, 0.15) is 12.0 Å². The Morgan fingerprint density at radius 1 is 1.00 bits per heavy atom. The van der Waals surface area contributed by atoms with Gasteiger partial charge in [-0.2, -0.15) is 0 Å². The van der Waals surface area contributed by atoms with Crippen LogP contribution in [0, 0.1) is 0 Å². The van der Waals surface area contributed by atoms with E-state index < -0.39 is 0 Å². The number of hydrogen-bond donors (Lipinski definition) is 0. The summed E-state index contributed by atoms with van der Waals surface area (Å²) in [7, 11) is 4.83. The van der Waals surface area contributed by atoms with E-state index in [1.54, 1.807) is 26.2 Å². The van der Waals surface area contributed by atoms with Gasteiger partial charge < -0.3 is 24.0 Å². The predicted octanol–water partition coefficient (Wildman–Crippen LogP) is 1.92. The highest BCUT2D eigenvalue weighted by Gasteiger charge is 2.26. The predicted molar refractivity (Wildman–Crippen MR) is 112 cm³/mol. The second-order valence-corrected chi connectivity index (χ2v) is 8.05. The molecule has 160 valence electrons. The summed E-state index contributed by atoms with van der Waals surface area (Å²) < 4.78 is 16.4. The number of methoxy groups -OCH3 is 3. The number of thioether (sulfide) groups is 1. The third kappa shape index (κ3) is 5.08. The third-order valence-electron chi connectivity index (χ3n) is 5.35. The van der Waals surface area contributed by atoms with Gasteiger partial charge in [0.1, 0.15) is 0 Å².